The van der Waals surface area contributed by atoms with Gasteiger partial charge in [-0.1, -0.05) is 215 Å². The SMILES string of the molecule is CC(C)(C)c1ccc(OP(CP(Oc2ccc(C(C)(C)C)cc2C(C)(C)C)Oc2ccc(C(C)(C)C)cc2C(C)(C)C)Oc2ccc(C(C)(C)C)cc2C(C)(C)C)c(C(C)(C)C)c1. The molecule has 0 amide bonds. The van der Waals surface area contributed by atoms with Crippen LogP contribution in [-0.4, -0.2) is 5.90 Å². The fourth-order valence-electron chi connectivity index (χ4n) is 7.33. The van der Waals surface area contributed by atoms with Gasteiger partial charge in [0.2, 0.25) is 0 Å². The first kappa shape index (κ1) is 52.6. The molecule has 6 heteroatoms. The zero-order chi connectivity index (χ0) is 48.1. The molecule has 0 radical (unpaired) electrons. The highest BCUT2D eigenvalue weighted by Gasteiger charge is 2.35. The summed E-state index contributed by atoms with van der Waals surface area (Å²) in [5, 5.41) is 0. The van der Waals surface area contributed by atoms with E-state index in [1.54, 1.807) is 0 Å². The second kappa shape index (κ2) is 18.3. The maximum Gasteiger partial charge on any atom is 0.302 e. The predicted octanol–water partition coefficient (Wildman–Crippen LogP) is 18.3. The molecule has 4 aromatic rings. The molecule has 0 aliphatic rings. The molecule has 0 N–H and O–H groups in total. The van der Waals surface area contributed by atoms with Gasteiger partial charge in [-0.3, -0.25) is 0 Å². The molecule has 4 nitrogen and oxygen atoms in total. The van der Waals surface area contributed by atoms with Crippen molar-refractivity contribution in [2.24, 2.45) is 0 Å². The predicted molar refractivity (Wildman–Crippen MR) is 277 cm³/mol. The van der Waals surface area contributed by atoms with Gasteiger partial charge in [0.05, 0.1) is 0 Å². The van der Waals surface area contributed by atoms with Crippen LogP contribution < -0.4 is 18.1 Å². The van der Waals surface area contributed by atoms with Crippen molar-refractivity contribution < 1.29 is 18.1 Å². The summed E-state index contributed by atoms with van der Waals surface area (Å²) in [6, 6.07) is 26.8. The molecule has 0 spiro atoms. The van der Waals surface area contributed by atoms with Crippen LogP contribution in [0.15, 0.2) is 72.8 Å². The maximum absolute atomic E-state index is 7.34. The van der Waals surface area contributed by atoms with Crippen molar-refractivity contribution in [1.29, 1.82) is 0 Å². The van der Waals surface area contributed by atoms with Gasteiger partial charge in [-0.25, -0.2) is 0 Å². The largest absolute Gasteiger partial charge is 0.438 e. The molecule has 0 saturated heterocycles. The van der Waals surface area contributed by atoms with Crippen LogP contribution in [0.5, 0.6) is 23.0 Å². The lowest BCUT2D eigenvalue weighted by molar-refractivity contribution is 0.448. The number of hydrogen-bond donors (Lipinski definition) is 0. The van der Waals surface area contributed by atoms with Crippen LogP contribution in [-0.2, 0) is 43.3 Å². The van der Waals surface area contributed by atoms with Crippen molar-refractivity contribution in [3.63, 3.8) is 0 Å². The van der Waals surface area contributed by atoms with Crippen molar-refractivity contribution in [2.45, 2.75) is 209 Å². The minimum Gasteiger partial charge on any atom is -0.438 e. The van der Waals surface area contributed by atoms with Crippen molar-refractivity contribution in [1.82, 2.24) is 0 Å². The van der Waals surface area contributed by atoms with Crippen LogP contribution in [0.1, 0.15) is 211 Å². The second-order valence-corrected chi connectivity index (χ2v) is 29.2. The molecule has 4 aromatic carbocycles. The molecule has 0 atom stereocenters. The van der Waals surface area contributed by atoms with E-state index in [-0.39, 0.29) is 43.3 Å². The Hall–Kier alpha value is -3.06. The van der Waals surface area contributed by atoms with Crippen molar-refractivity contribution >= 4 is 16.8 Å². The summed E-state index contributed by atoms with van der Waals surface area (Å²) < 4.78 is 29.3. The molecule has 0 aromatic heterocycles. The van der Waals surface area contributed by atoms with E-state index in [1.807, 2.05) is 0 Å². The fourth-order valence-corrected chi connectivity index (χ4v) is 10.6. The molecule has 63 heavy (non-hydrogen) atoms. The zero-order valence-electron chi connectivity index (χ0n) is 44.2. The highest BCUT2D eigenvalue weighted by atomic mass is 31.2. The molecular weight excluding hydrogens is 811 g/mol. The highest BCUT2D eigenvalue weighted by Crippen LogP contribution is 2.57. The quantitative estimate of drug-likeness (QED) is 0.149. The molecule has 0 heterocycles. The topological polar surface area (TPSA) is 36.9 Å². The third kappa shape index (κ3) is 14.0. The fraction of sp³-hybridized carbons (Fsp3) is 0.579. The Kier molecular flexibility index (Phi) is 15.3. The van der Waals surface area contributed by atoms with E-state index in [4.69, 9.17) is 18.1 Å². The van der Waals surface area contributed by atoms with E-state index < -0.39 is 16.8 Å². The highest BCUT2D eigenvalue weighted by molar-refractivity contribution is 7.65. The van der Waals surface area contributed by atoms with Crippen LogP contribution in [0.3, 0.4) is 0 Å². The van der Waals surface area contributed by atoms with E-state index in [9.17, 15) is 0 Å². The van der Waals surface area contributed by atoms with Gasteiger partial charge in [0, 0.05) is 22.3 Å². The third-order valence-corrected chi connectivity index (χ3v) is 15.1. The average Bonchev–Trinajstić information content (AvgIpc) is 3.08. The Labute approximate surface area is 388 Å². The number of hydrogen-bond acceptors (Lipinski definition) is 4. The van der Waals surface area contributed by atoms with Crippen LogP contribution in [0, 0.1) is 0 Å². The Bertz CT molecular complexity index is 1880. The normalized spacial score (nSPS) is 13.7. The van der Waals surface area contributed by atoms with Gasteiger partial charge >= 0.3 is 16.8 Å². The molecule has 0 fully saturated rings. The lowest BCUT2D eigenvalue weighted by atomic mass is 9.80. The Balaban J connectivity index is 2.02. The van der Waals surface area contributed by atoms with E-state index in [2.05, 4.69) is 239 Å². The summed E-state index contributed by atoms with van der Waals surface area (Å²) in [7, 11) is -3.39. The minimum absolute atomic E-state index is 0.0211. The van der Waals surface area contributed by atoms with Gasteiger partial charge in [0.25, 0.3) is 0 Å². The van der Waals surface area contributed by atoms with Crippen molar-refractivity contribution in [3.05, 3.63) is 117 Å². The van der Waals surface area contributed by atoms with Gasteiger partial charge in [-0.05, 0) is 89.8 Å². The Morgan fingerprint density at radius 1 is 0.270 bits per heavy atom. The van der Waals surface area contributed by atoms with Gasteiger partial charge in [0.15, 0.2) is 0 Å². The average molecular weight is 897 g/mol. The second-order valence-electron chi connectivity index (χ2n) is 26.0. The summed E-state index contributed by atoms with van der Waals surface area (Å²) in [6.07, 6.45) is 0. The molecule has 0 aliphatic carbocycles. The van der Waals surface area contributed by atoms with Crippen molar-refractivity contribution in [3.8, 4) is 23.0 Å². The first-order valence-electron chi connectivity index (χ1n) is 23.1. The van der Waals surface area contributed by atoms with E-state index in [0.29, 0.717) is 5.90 Å². The third-order valence-electron chi connectivity index (χ3n) is 11.6. The van der Waals surface area contributed by atoms with Crippen LogP contribution in [0.25, 0.3) is 0 Å². The monoisotopic (exact) mass is 897 g/mol. The standard InChI is InChI=1S/C57H86O4P2/c1-50(2,3)38-25-29-46(42(33-38)54(13,14)15)58-62(59-47-30-26-39(51(4,5)6)34-43(47)55(16,17)18)37-63(60-48-31-27-40(52(7,8)9)35-44(48)56(19,20)21)61-49-32-28-41(53(10,11)12)36-45(49)57(22,23)24/h25-36H,37H2,1-24H3. The van der Waals surface area contributed by atoms with Crippen molar-refractivity contribution in [2.75, 3.05) is 5.90 Å². The smallest absolute Gasteiger partial charge is 0.302 e. The molecule has 0 saturated carbocycles. The summed E-state index contributed by atoms with van der Waals surface area (Å²) >= 11 is 0. The first-order valence-corrected chi connectivity index (χ1v) is 25.9. The molecule has 348 valence electrons. The first-order chi connectivity index (χ1) is 28.3. The van der Waals surface area contributed by atoms with Crippen LogP contribution >= 0.6 is 16.8 Å². The van der Waals surface area contributed by atoms with E-state index in [1.165, 1.54) is 22.3 Å². The van der Waals surface area contributed by atoms with E-state index in [0.717, 1.165) is 45.3 Å². The summed E-state index contributed by atoms with van der Waals surface area (Å²) in [5.41, 5.74) is 8.85. The molecule has 0 aliphatic heterocycles. The van der Waals surface area contributed by atoms with Gasteiger partial charge < -0.3 is 18.1 Å². The maximum atomic E-state index is 7.34. The molecule has 4 rings (SSSR count). The molecule has 0 bridgehead atoms. The van der Waals surface area contributed by atoms with Gasteiger partial charge in [-0.15, -0.1) is 0 Å². The summed E-state index contributed by atoms with van der Waals surface area (Å²) in [4.78, 5) is 0. The molecular formula is C57H86O4P2. The van der Waals surface area contributed by atoms with Crippen LogP contribution in [0.4, 0.5) is 0 Å². The van der Waals surface area contributed by atoms with Crippen LogP contribution in [0.2, 0.25) is 0 Å². The Morgan fingerprint density at radius 3 is 0.587 bits per heavy atom. The van der Waals surface area contributed by atoms with Gasteiger partial charge in [0.1, 0.15) is 28.9 Å². The minimum atomic E-state index is -1.69. The van der Waals surface area contributed by atoms with E-state index >= 15 is 0 Å². The number of rotatable bonds is 10. The lowest BCUT2D eigenvalue weighted by Gasteiger charge is -2.33. The molecule has 0 unspecified atom stereocenters. The zero-order valence-corrected chi connectivity index (χ0v) is 46.0. The Morgan fingerprint density at radius 2 is 0.444 bits per heavy atom. The van der Waals surface area contributed by atoms with Gasteiger partial charge in [-0.2, -0.15) is 0 Å². The summed E-state index contributed by atoms with van der Waals surface area (Å²) in [6.45, 7) is 54.3. The summed E-state index contributed by atoms with van der Waals surface area (Å²) in [5.74, 6) is 3.71. The number of benzene rings is 4. The lowest BCUT2D eigenvalue weighted by Crippen LogP contribution is -2.19.